The number of rotatable bonds is 2. The predicted octanol–water partition coefficient (Wildman–Crippen LogP) is 0.473. The van der Waals surface area contributed by atoms with E-state index in [1.165, 1.54) is 13.8 Å². The Morgan fingerprint density at radius 2 is 1.85 bits per heavy atom. The van der Waals surface area contributed by atoms with Gasteiger partial charge < -0.3 is 0 Å². The van der Waals surface area contributed by atoms with Crippen molar-refractivity contribution in [1.29, 1.82) is 0 Å². The minimum absolute atomic E-state index is 0.183. The normalized spacial score (nSPS) is 9.54. The largest absolute Gasteiger partial charge is 0.367 e. The van der Waals surface area contributed by atoms with Gasteiger partial charge in [-0.1, -0.05) is 6.58 Å². The lowest BCUT2D eigenvalue weighted by molar-refractivity contribution is -0.229. The molecule has 6 nitrogen and oxygen atoms in total. The maximum Gasteiger partial charge on any atom is 0.367 e. The van der Waals surface area contributed by atoms with Crippen molar-refractivity contribution in [1.82, 2.24) is 0 Å². The van der Waals surface area contributed by atoms with Gasteiger partial charge in [0.25, 0.3) is 10.1 Å². The molecule has 7 heteroatoms. The summed E-state index contributed by atoms with van der Waals surface area (Å²) >= 11 is 0. The minimum Gasteiger partial charge on any atom is -0.296 e. The second-order valence-electron chi connectivity index (χ2n) is 2.03. The molecule has 0 aromatic carbocycles. The summed E-state index contributed by atoms with van der Waals surface area (Å²) in [4.78, 5) is 13.2. The molecule has 0 saturated heterocycles. The highest BCUT2D eigenvalue weighted by Crippen LogP contribution is 1.86. The molecule has 0 aromatic heterocycles. The third kappa shape index (κ3) is 14.0. The third-order valence-corrected chi connectivity index (χ3v) is 1.53. The maximum absolute atomic E-state index is 9.94. The van der Waals surface area contributed by atoms with E-state index in [0.29, 0.717) is 0 Å². The van der Waals surface area contributed by atoms with Crippen molar-refractivity contribution in [2.75, 3.05) is 5.75 Å². The Morgan fingerprint density at radius 3 is 1.85 bits per heavy atom. The first kappa shape index (κ1) is 14.6. The smallest absolute Gasteiger partial charge is 0.296 e. The summed E-state index contributed by atoms with van der Waals surface area (Å²) in [7, 11) is -3.66. The molecule has 0 aliphatic carbocycles. The first-order valence-electron chi connectivity index (χ1n) is 3.21. The van der Waals surface area contributed by atoms with Gasteiger partial charge in [0.05, 0.1) is 5.75 Å². The van der Waals surface area contributed by atoms with E-state index < -0.39 is 16.1 Å². The Kier molecular flexibility index (Phi) is 7.39. The fourth-order valence-corrected chi connectivity index (χ4v) is 0.0779. The molecule has 0 aliphatic rings. The molecule has 0 atom stereocenters. The zero-order valence-corrected chi connectivity index (χ0v) is 8.17. The summed E-state index contributed by atoms with van der Waals surface area (Å²) in [5.41, 5.74) is 0.183. The van der Waals surface area contributed by atoms with Gasteiger partial charge in [-0.2, -0.15) is 13.7 Å². The highest BCUT2D eigenvalue weighted by atomic mass is 32.2. The van der Waals surface area contributed by atoms with Gasteiger partial charge in [0.1, 0.15) is 0 Å². The highest BCUT2D eigenvalue weighted by molar-refractivity contribution is 7.85. The molecular weight excluding hydrogens is 200 g/mol. The van der Waals surface area contributed by atoms with Gasteiger partial charge in [-0.05, 0) is 13.8 Å². The summed E-state index contributed by atoms with van der Waals surface area (Å²) in [5, 5.41) is 7.59. The van der Waals surface area contributed by atoms with Crippen LogP contribution in [-0.2, 0) is 19.8 Å². The number of carbonyl (C=O) groups is 1. The molecule has 0 heterocycles. The van der Waals surface area contributed by atoms with Crippen LogP contribution in [-0.4, -0.2) is 29.9 Å². The van der Waals surface area contributed by atoms with Crippen LogP contribution in [0.4, 0.5) is 0 Å². The summed E-state index contributed by atoms with van der Waals surface area (Å²) in [6, 6.07) is 0. The first-order chi connectivity index (χ1) is 5.74. The molecule has 78 valence electrons. The van der Waals surface area contributed by atoms with Crippen molar-refractivity contribution in [3.63, 3.8) is 0 Å². The lowest BCUT2D eigenvalue weighted by atomic mass is 10.4. The highest BCUT2D eigenvalue weighted by Gasteiger charge is 1.98. The van der Waals surface area contributed by atoms with E-state index in [1.54, 1.807) is 0 Å². The second-order valence-corrected chi connectivity index (χ2v) is 3.77. The molecule has 0 unspecified atom stereocenters. The topological polar surface area (TPSA) is 101 Å². The van der Waals surface area contributed by atoms with Crippen LogP contribution in [0.15, 0.2) is 12.2 Å². The van der Waals surface area contributed by atoms with Gasteiger partial charge in [0.15, 0.2) is 0 Å². The van der Waals surface area contributed by atoms with Crippen LogP contribution in [0.2, 0.25) is 0 Å². The summed E-state index contributed by atoms with van der Waals surface area (Å²) in [5.74, 6) is -0.993. The van der Waals surface area contributed by atoms with E-state index in [2.05, 4.69) is 11.5 Å². The van der Waals surface area contributed by atoms with Gasteiger partial charge in [0, 0.05) is 5.57 Å². The molecule has 0 radical (unpaired) electrons. The van der Waals surface area contributed by atoms with Crippen LogP contribution in [0, 0.1) is 0 Å². The zero-order chi connectivity index (χ0) is 11.1. The van der Waals surface area contributed by atoms with Gasteiger partial charge in [-0.15, -0.1) is 0 Å². The summed E-state index contributed by atoms with van der Waals surface area (Å²) in [6.45, 7) is 6.00. The van der Waals surface area contributed by atoms with E-state index in [9.17, 15) is 13.2 Å². The van der Waals surface area contributed by atoms with Crippen molar-refractivity contribution in [3.05, 3.63) is 12.2 Å². The van der Waals surface area contributed by atoms with Crippen LogP contribution in [0.1, 0.15) is 13.8 Å². The summed E-state index contributed by atoms with van der Waals surface area (Å²) < 4.78 is 26.9. The van der Waals surface area contributed by atoms with Crippen LogP contribution in [0.25, 0.3) is 0 Å². The molecular formula is C6H12O6S. The molecule has 0 spiro atoms. The van der Waals surface area contributed by atoms with E-state index in [4.69, 9.17) is 9.81 Å². The molecule has 0 fully saturated rings. The fraction of sp³-hybridized carbons (Fsp3) is 0.500. The Bertz CT molecular complexity index is 265. The Labute approximate surface area is 76.5 Å². The first-order valence-corrected chi connectivity index (χ1v) is 4.82. The molecule has 13 heavy (non-hydrogen) atoms. The SMILES string of the molecule is C=C(C)C(=O)OO.CCS(=O)(=O)O. The van der Waals surface area contributed by atoms with Crippen LogP contribution in [0.3, 0.4) is 0 Å². The number of hydrogen-bond donors (Lipinski definition) is 2. The third-order valence-electron chi connectivity index (χ3n) is 0.796. The molecule has 0 saturated carbocycles. The maximum atomic E-state index is 9.94. The van der Waals surface area contributed by atoms with Gasteiger partial charge >= 0.3 is 5.97 Å². The molecule has 0 aromatic rings. The predicted molar refractivity (Wildman–Crippen MR) is 45.6 cm³/mol. The van der Waals surface area contributed by atoms with Crippen LogP contribution >= 0.6 is 0 Å². The average Bonchev–Trinajstić information content (AvgIpc) is 2.02. The lowest BCUT2D eigenvalue weighted by Crippen LogP contribution is -1.99. The molecule has 0 rings (SSSR count). The van der Waals surface area contributed by atoms with Crippen molar-refractivity contribution < 1.29 is 27.9 Å². The fourth-order valence-electron chi connectivity index (χ4n) is 0.0779. The molecule has 0 bridgehead atoms. The zero-order valence-electron chi connectivity index (χ0n) is 7.35. The van der Waals surface area contributed by atoms with E-state index in [0.717, 1.165) is 0 Å². The van der Waals surface area contributed by atoms with Crippen molar-refractivity contribution >= 4 is 16.1 Å². The van der Waals surface area contributed by atoms with E-state index in [1.807, 2.05) is 0 Å². The quantitative estimate of drug-likeness (QED) is 0.298. The van der Waals surface area contributed by atoms with E-state index >= 15 is 0 Å². The van der Waals surface area contributed by atoms with Gasteiger partial charge in [-0.3, -0.25) is 9.44 Å². The Morgan fingerprint density at radius 1 is 1.54 bits per heavy atom. The Balaban J connectivity index is 0. The Hall–Kier alpha value is -0.920. The van der Waals surface area contributed by atoms with Crippen molar-refractivity contribution in [2.45, 2.75) is 13.8 Å². The number of carbonyl (C=O) groups excluding carboxylic acids is 1. The van der Waals surface area contributed by atoms with Gasteiger partial charge in [-0.25, -0.2) is 4.79 Å². The van der Waals surface area contributed by atoms with Crippen molar-refractivity contribution in [3.8, 4) is 0 Å². The molecule has 0 aliphatic heterocycles. The van der Waals surface area contributed by atoms with Crippen molar-refractivity contribution in [2.24, 2.45) is 0 Å². The summed E-state index contributed by atoms with van der Waals surface area (Å²) in [6.07, 6.45) is 0. The minimum atomic E-state index is -3.66. The average molecular weight is 212 g/mol. The standard InChI is InChI=1S/C4H6O3.C2H6O3S/c1-3(2)4(5)7-6;1-2-6(3,4)5/h6H,1H2,2H3;2H2,1H3,(H,3,4,5). The monoisotopic (exact) mass is 212 g/mol. The molecule has 2 N–H and O–H groups in total. The lowest BCUT2D eigenvalue weighted by Gasteiger charge is -1.88. The molecule has 0 amide bonds. The van der Waals surface area contributed by atoms with E-state index in [-0.39, 0.29) is 11.3 Å². The number of hydrogen-bond acceptors (Lipinski definition) is 5. The van der Waals surface area contributed by atoms with Crippen LogP contribution in [0.5, 0.6) is 0 Å². The van der Waals surface area contributed by atoms with Crippen LogP contribution < -0.4 is 0 Å². The second kappa shape index (κ2) is 6.58. The van der Waals surface area contributed by atoms with Gasteiger partial charge in [0.2, 0.25) is 0 Å².